The summed E-state index contributed by atoms with van der Waals surface area (Å²) in [5.41, 5.74) is 2.11. The third-order valence-electron chi connectivity index (χ3n) is 3.45. The number of anilines is 1. The van der Waals surface area contributed by atoms with Crippen molar-refractivity contribution in [2.45, 2.75) is 64.8 Å². The zero-order chi connectivity index (χ0) is 12.1. The van der Waals surface area contributed by atoms with Gasteiger partial charge >= 0.3 is 0 Å². The summed E-state index contributed by atoms with van der Waals surface area (Å²) in [4.78, 5) is 4.57. The van der Waals surface area contributed by atoms with Gasteiger partial charge in [0.2, 0.25) is 5.95 Å². The smallest absolute Gasteiger partial charge is 0.243 e. The van der Waals surface area contributed by atoms with E-state index in [1.165, 1.54) is 32.1 Å². The fourth-order valence-corrected chi connectivity index (χ4v) is 2.43. The molecule has 4 nitrogen and oxygen atoms in total. The van der Waals surface area contributed by atoms with Gasteiger partial charge in [0.15, 0.2) is 0 Å². The Kier molecular flexibility index (Phi) is 4.29. The number of hydrogen-bond acceptors (Lipinski definition) is 4. The number of aryl methyl sites for hydroxylation is 2. The van der Waals surface area contributed by atoms with Crippen LogP contribution in [-0.4, -0.2) is 21.2 Å². The molecule has 1 aromatic rings. The summed E-state index contributed by atoms with van der Waals surface area (Å²) in [7, 11) is 0. The van der Waals surface area contributed by atoms with Crippen molar-refractivity contribution < 1.29 is 0 Å². The zero-order valence-electron chi connectivity index (χ0n) is 10.9. The van der Waals surface area contributed by atoms with E-state index in [0.29, 0.717) is 12.0 Å². The lowest BCUT2D eigenvalue weighted by Crippen LogP contribution is -2.24. The lowest BCUT2D eigenvalue weighted by atomic mass is 9.96. The first-order valence-electron chi connectivity index (χ1n) is 6.82. The molecule has 4 heteroatoms. The van der Waals surface area contributed by atoms with Gasteiger partial charge in [0.1, 0.15) is 0 Å². The van der Waals surface area contributed by atoms with E-state index in [1.807, 2.05) is 0 Å². The molecule has 1 heterocycles. The first kappa shape index (κ1) is 12.3. The van der Waals surface area contributed by atoms with Crippen LogP contribution in [0.4, 0.5) is 5.95 Å². The van der Waals surface area contributed by atoms with Gasteiger partial charge in [-0.05, 0) is 25.7 Å². The van der Waals surface area contributed by atoms with Crippen molar-refractivity contribution in [3.8, 4) is 0 Å². The quantitative estimate of drug-likeness (QED) is 0.870. The van der Waals surface area contributed by atoms with Gasteiger partial charge in [-0.2, -0.15) is 5.10 Å². The fraction of sp³-hybridized carbons (Fsp3) is 0.769. The Balaban J connectivity index is 2.05. The minimum Gasteiger partial charge on any atom is -0.350 e. The number of rotatable bonds is 4. The average molecular weight is 234 g/mol. The Morgan fingerprint density at radius 2 is 1.71 bits per heavy atom. The molecule has 0 amide bonds. The van der Waals surface area contributed by atoms with Crippen LogP contribution in [-0.2, 0) is 12.8 Å². The second-order valence-corrected chi connectivity index (χ2v) is 4.72. The zero-order valence-corrected chi connectivity index (χ0v) is 10.9. The van der Waals surface area contributed by atoms with Crippen LogP contribution in [0.25, 0.3) is 0 Å². The molecule has 1 aliphatic rings. The summed E-state index contributed by atoms with van der Waals surface area (Å²) >= 11 is 0. The van der Waals surface area contributed by atoms with Crippen molar-refractivity contribution >= 4 is 5.95 Å². The van der Waals surface area contributed by atoms with Crippen molar-refractivity contribution in [2.75, 3.05) is 5.32 Å². The Morgan fingerprint density at radius 1 is 1.00 bits per heavy atom. The first-order valence-corrected chi connectivity index (χ1v) is 6.82. The molecule has 94 valence electrons. The van der Waals surface area contributed by atoms with Crippen LogP contribution in [0.15, 0.2) is 0 Å². The molecule has 0 atom stereocenters. The molecule has 1 aliphatic carbocycles. The van der Waals surface area contributed by atoms with E-state index in [4.69, 9.17) is 0 Å². The summed E-state index contributed by atoms with van der Waals surface area (Å²) in [5.74, 6) is 0.714. The molecule has 0 bridgehead atoms. The van der Waals surface area contributed by atoms with Crippen molar-refractivity contribution in [1.82, 2.24) is 15.2 Å². The van der Waals surface area contributed by atoms with E-state index in [2.05, 4.69) is 34.3 Å². The molecule has 1 aromatic heterocycles. The van der Waals surface area contributed by atoms with Crippen molar-refractivity contribution in [1.29, 1.82) is 0 Å². The number of hydrogen-bond donors (Lipinski definition) is 1. The minimum absolute atomic E-state index is 0.544. The van der Waals surface area contributed by atoms with Crippen LogP contribution in [0.3, 0.4) is 0 Å². The van der Waals surface area contributed by atoms with E-state index in [0.717, 1.165) is 24.2 Å². The van der Waals surface area contributed by atoms with E-state index in [9.17, 15) is 0 Å². The van der Waals surface area contributed by atoms with Gasteiger partial charge in [0.25, 0.3) is 0 Å². The molecule has 0 aromatic carbocycles. The maximum Gasteiger partial charge on any atom is 0.243 e. The van der Waals surface area contributed by atoms with Crippen LogP contribution in [0.5, 0.6) is 0 Å². The molecule has 0 saturated heterocycles. The van der Waals surface area contributed by atoms with E-state index in [-0.39, 0.29) is 0 Å². The maximum atomic E-state index is 4.57. The Bertz CT molecular complexity index is 358. The van der Waals surface area contributed by atoms with Crippen LogP contribution in [0.1, 0.15) is 57.3 Å². The monoisotopic (exact) mass is 234 g/mol. The highest BCUT2D eigenvalue weighted by molar-refractivity contribution is 5.27. The van der Waals surface area contributed by atoms with Gasteiger partial charge in [0, 0.05) is 6.04 Å². The van der Waals surface area contributed by atoms with Gasteiger partial charge in [0.05, 0.1) is 11.4 Å². The summed E-state index contributed by atoms with van der Waals surface area (Å²) in [6, 6.07) is 0.544. The predicted molar refractivity (Wildman–Crippen MR) is 69.1 cm³/mol. The molecule has 2 rings (SSSR count). The third-order valence-corrected chi connectivity index (χ3v) is 3.45. The summed E-state index contributed by atoms with van der Waals surface area (Å²) in [6.45, 7) is 4.21. The van der Waals surface area contributed by atoms with Crippen LogP contribution in [0, 0.1) is 0 Å². The molecule has 0 aliphatic heterocycles. The molecule has 1 saturated carbocycles. The third kappa shape index (κ3) is 3.14. The molecule has 0 unspecified atom stereocenters. The molecule has 0 spiro atoms. The molecule has 1 fully saturated rings. The second kappa shape index (κ2) is 5.94. The maximum absolute atomic E-state index is 4.57. The lowest BCUT2D eigenvalue weighted by molar-refractivity contribution is 0.460. The van der Waals surface area contributed by atoms with Crippen LogP contribution < -0.4 is 5.32 Å². The number of aromatic nitrogens is 3. The van der Waals surface area contributed by atoms with Gasteiger partial charge in [-0.15, -0.1) is 5.10 Å². The largest absolute Gasteiger partial charge is 0.350 e. The summed E-state index contributed by atoms with van der Waals surface area (Å²) in [6.07, 6.45) is 8.31. The molecule has 17 heavy (non-hydrogen) atoms. The highest BCUT2D eigenvalue weighted by Crippen LogP contribution is 2.20. The van der Waals surface area contributed by atoms with Gasteiger partial charge < -0.3 is 5.32 Å². The molecule has 0 radical (unpaired) electrons. The SMILES string of the molecule is CCc1nnc(NC2CCCCC2)nc1CC. The van der Waals surface area contributed by atoms with Crippen LogP contribution >= 0.6 is 0 Å². The first-order chi connectivity index (χ1) is 8.33. The molecule has 1 N–H and O–H groups in total. The summed E-state index contributed by atoms with van der Waals surface area (Å²) in [5, 5.41) is 11.9. The lowest BCUT2D eigenvalue weighted by Gasteiger charge is -2.22. The molecular weight excluding hydrogens is 212 g/mol. The van der Waals surface area contributed by atoms with Crippen LogP contribution in [0.2, 0.25) is 0 Å². The Morgan fingerprint density at radius 3 is 2.35 bits per heavy atom. The standard InChI is InChI=1S/C13H22N4/c1-3-11-12(4-2)16-17-13(15-11)14-10-8-6-5-7-9-10/h10H,3-9H2,1-2H3,(H,14,15,17). The second-order valence-electron chi connectivity index (χ2n) is 4.72. The van der Waals surface area contributed by atoms with E-state index in [1.54, 1.807) is 0 Å². The Labute approximate surface area is 103 Å². The van der Waals surface area contributed by atoms with Gasteiger partial charge in [-0.3, -0.25) is 0 Å². The normalized spacial score (nSPS) is 17.1. The van der Waals surface area contributed by atoms with E-state index >= 15 is 0 Å². The van der Waals surface area contributed by atoms with E-state index < -0.39 is 0 Å². The highest BCUT2D eigenvalue weighted by Gasteiger charge is 2.15. The number of nitrogens with one attached hydrogen (secondary N) is 1. The minimum atomic E-state index is 0.544. The molecular formula is C13H22N4. The van der Waals surface area contributed by atoms with Crippen molar-refractivity contribution in [3.05, 3.63) is 11.4 Å². The van der Waals surface area contributed by atoms with Gasteiger partial charge in [-0.1, -0.05) is 33.1 Å². The average Bonchev–Trinajstić information content (AvgIpc) is 2.40. The van der Waals surface area contributed by atoms with Crippen molar-refractivity contribution in [2.24, 2.45) is 0 Å². The van der Waals surface area contributed by atoms with Gasteiger partial charge in [-0.25, -0.2) is 4.98 Å². The van der Waals surface area contributed by atoms with Crippen molar-refractivity contribution in [3.63, 3.8) is 0 Å². The summed E-state index contributed by atoms with van der Waals surface area (Å²) < 4.78 is 0. The Hall–Kier alpha value is -1.19. The predicted octanol–water partition coefficient (Wildman–Crippen LogP) is 2.74. The fourth-order valence-electron chi connectivity index (χ4n) is 2.43. The number of nitrogens with zero attached hydrogens (tertiary/aromatic N) is 3. The highest BCUT2D eigenvalue weighted by atomic mass is 15.2. The topological polar surface area (TPSA) is 50.7 Å².